The van der Waals surface area contributed by atoms with Gasteiger partial charge in [-0.1, -0.05) is 24.3 Å². The number of carbonyl (C=O) groups is 1. The number of hydrogen-bond donors (Lipinski definition) is 1. The normalized spacial score (nSPS) is 11.2. The number of nitrogens with zero attached hydrogens (tertiary/aromatic N) is 2. The zero-order valence-electron chi connectivity index (χ0n) is 14.0. The molecule has 5 nitrogen and oxygen atoms in total. The van der Waals surface area contributed by atoms with E-state index in [2.05, 4.69) is 17.6 Å². The molecule has 0 saturated carbocycles. The first-order valence-electron chi connectivity index (χ1n) is 7.97. The predicted octanol–water partition coefficient (Wildman–Crippen LogP) is 3.21. The van der Waals surface area contributed by atoms with Gasteiger partial charge in [0.15, 0.2) is 0 Å². The van der Waals surface area contributed by atoms with E-state index in [4.69, 9.17) is 15.4 Å². The molecule has 0 aliphatic rings. The molecule has 2 rings (SSSR count). The maximum Gasteiger partial charge on any atom is 0.244 e. The number of nitriles is 2. The maximum atomic E-state index is 11.9. The maximum absolute atomic E-state index is 11.9. The number of rotatable bonds is 7. The minimum absolute atomic E-state index is 0.0286. The third-order valence-corrected chi connectivity index (χ3v) is 4.00. The Bertz CT molecular complexity index is 801. The molecule has 25 heavy (non-hydrogen) atoms. The third kappa shape index (κ3) is 5.46. The largest absolute Gasteiger partial charge is 0.277 e. The van der Waals surface area contributed by atoms with Crippen LogP contribution in [-0.2, 0) is 16.1 Å². The SMILES string of the molecule is CONC(=O)CC(CCc1ccc(C#N)cc1)c1cccc(C#N)c1. The molecule has 0 aromatic heterocycles. The Balaban J connectivity index is 2.14. The van der Waals surface area contributed by atoms with Crippen LogP contribution < -0.4 is 5.48 Å². The van der Waals surface area contributed by atoms with Gasteiger partial charge in [-0.05, 0) is 54.2 Å². The monoisotopic (exact) mass is 333 g/mol. The van der Waals surface area contributed by atoms with Crippen LogP contribution in [0.4, 0.5) is 0 Å². The second-order valence-electron chi connectivity index (χ2n) is 5.72. The van der Waals surface area contributed by atoms with Crippen molar-refractivity contribution >= 4 is 5.91 Å². The van der Waals surface area contributed by atoms with Crippen LogP contribution in [0.25, 0.3) is 0 Å². The van der Waals surface area contributed by atoms with Crippen LogP contribution >= 0.6 is 0 Å². The Kier molecular flexibility index (Phi) is 6.71. The summed E-state index contributed by atoms with van der Waals surface area (Å²) < 4.78 is 0. The van der Waals surface area contributed by atoms with Gasteiger partial charge in [-0.25, -0.2) is 5.48 Å². The number of aryl methyl sites for hydroxylation is 1. The first kappa shape index (κ1) is 18.2. The fourth-order valence-electron chi connectivity index (χ4n) is 2.71. The zero-order valence-corrected chi connectivity index (χ0v) is 14.0. The Hall–Kier alpha value is -3.15. The van der Waals surface area contributed by atoms with E-state index in [1.54, 1.807) is 18.2 Å². The summed E-state index contributed by atoms with van der Waals surface area (Å²) in [5, 5.41) is 18.0. The highest BCUT2D eigenvalue weighted by Crippen LogP contribution is 2.26. The van der Waals surface area contributed by atoms with Crippen molar-refractivity contribution in [2.24, 2.45) is 0 Å². The molecule has 1 N–H and O–H groups in total. The molecular formula is C20H19N3O2. The minimum atomic E-state index is -0.199. The number of nitrogens with one attached hydrogen (secondary N) is 1. The second-order valence-corrected chi connectivity index (χ2v) is 5.72. The lowest BCUT2D eigenvalue weighted by atomic mass is 9.88. The van der Waals surface area contributed by atoms with Crippen molar-refractivity contribution in [2.45, 2.75) is 25.2 Å². The summed E-state index contributed by atoms with van der Waals surface area (Å²) in [6.45, 7) is 0. The summed E-state index contributed by atoms with van der Waals surface area (Å²) in [4.78, 5) is 16.6. The van der Waals surface area contributed by atoms with E-state index >= 15 is 0 Å². The lowest BCUT2D eigenvalue weighted by Gasteiger charge is -2.17. The third-order valence-electron chi connectivity index (χ3n) is 4.00. The van der Waals surface area contributed by atoms with Gasteiger partial charge in [0.25, 0.3) is 0 Å². The molecule has 0 bridgehead atoms. The average molecular weight is 333 g/mol. The molecule has 1 atom stereocenters. The standard InChI is InChI=1S/C20H19N3O2/c1-25-23-20(24)12-19(18-4-2-3-17(11-18)14-22)10-9-15-5-7-16(13-21)8-6-15/h2-8,11,19H,9-10,12H2,1H3,(H,23,24). The van der Waals surface area contributed by atoms with Crippen LogP contribution in [0.5, 0.6) is 0 Å². The first-order valence-corrected chi connectivity index (χ1v) is 7.97. The van der Waals surface area contributed by atoms with Crippen LogP contribution in [0.15, 0.2) is 48.5 Å². The molecule has 0 fully saturated rings. The highest BCUT2D eigenvalue weighted by Gasteiger charge is 2.17. The van der Waals surface area contributed by atoms with Crippen molar-refractivity contribution in [3.8, 4) is 12.1 Å². The molecule has 5 heteroatoms. The number of hydroxylamine groups is 1. The lowest BCUT2D eigenvalue weighted by Crippen LogP contribution is -2.24. The molecule has 2 aromatic carbocycles. The van der Waals surface area contributed by atoms with Gasteiger partial charge in [-0.2, -0.15) is 10.5 Å². The van der Waals surface area contributed by atoms with Gasteiger partial charge in [0.2, 0.25) is 5.91 Å². The first-order chi connectivity index (χ1) is 12.2. The predicted molar refractivity (Wildman–Crippen MR) is 93.1 cm³/mol. The van der Waals surface area contributed by atoms with E-state index in [0.29, 0.717) is 11.1 Å². The zero-order chi connectivity index (χ0) is 18.1. The highest BCUT2D eigenvalue weighted by molar-refractivity contribution is 5.75. The Morgan fingerprint density at radius 3 is 2.48 bits per heavy atom. The van der Waals surface area contributed by atoms with Crippen molar-refractivity contribution in [3.05, 3.63) is 70.8 Å². The van der Waals surface area contributed by atoms with Crippen LogP contribution in [0.1, 0.15) is 41.0 Å². The van der Waals surface area contributed by atoms with Gasteiger partial charge in [-0.15, -0.1) is 0 Å². The number of carbonyl (C=O) groups excluding carboxylic acids is 1. The van der Waals surface area contributed by atoms with Crippen LogP contribution in [0.3, 0.4) is 0 Å². The van der Waals surface area contributed by atoms with Crippen molar-refractivity contribution in [3.63, 3.8) is 0 Å². The highest BCUT2D eigenvalue weighted by atomic mass is 16.6. The average Bonchev–Trinajstić information content (AvgIpc) is 2.65. The van der Waals surface area contributed by atoms with Gasteiger partial charge in [0.05, 0.1) is 30.4 Å². The molecule has 0 radical (unpaired) electrons. The van der Waals surface area contributed by atoms with Gasteiger partial charge in [-0.3, -0.25) is 9.63 Å². The van der Waals surface area contributed by atoms with Crippen LogP contribution in [-0.4, -0.2) is 13.0 Å². The van der Waals surface area contributed by atoms with Gasteiger partial charge in [0.1, 0.15) is 0 Å². The Morgan fingerprint density at radius 1 is 1.12 bits per heavy atom. The van der Waals surface area contributed by atoms with Gasteiger partial charge < -0.3 is 0 Å². The van der Waals surface area contributed by atoms with Crippen LogP contribution in [0.2, 0.25) is 0 Å². The van der Waals surface area contributed by atoms with Crippen molar-refractivity contribution in [1.29, 1.82) is 10.5 Å². The number of hydrogen-bond acceptors (Lipinski definition) is 4. The molecular weight excluding hydrogens is 314 g/mol. The van der Waals surface area contributed by atoms with E-state index in [0.717, 1.165) is 24.0 Å². The van der Waals surface area contributed by atoms with E-state index in [1.807, 2.05) is 30.3 Å². The molecule has 0 aliphatic carbocycles. The number of benzene rings is 2. The summed E-state index contributed by atoms with van der Waals surface area (Å²) in [7, 11) is 1.40. The fraction of sp³-hybridized carbons (Fsp3) is 0.250. The smallest absolute Gasteiger partial charge is 0.244 e. The molecule has 126 valence electrons. The molecule has 0 heterocycles. The van der Waals surface area contributed by atoms with E-state index in [9.17, 15) is 4.79 Å². The fourth-order valence-corrected chi connectivity index (χ4v) is 2.71. The minimum Gasteiger partial charge on any atom is -0.277 e. The lowest BCUT2D eigenvalue weighted by molar-refractivity contribution is -0.131. The van der Waals surface area contributed by atoms with Crippen molar-refractivity contribution in [2.75, 3.05) is 7.11 Å². The van der Waals surface area contributed by atoms with E-state index < -0.39 is 0 Å². The van der Waals surface area contributed by atoms with Gasteiger partial charge >= 0.3 is 0 Å². The molecule has 1 amide bonds. The number of amides is 1. The molecule has 0 aliphatic heterocycles. The van der Waals surface area contributed by atoms with Crippen molar-refractivity contribution in [1.82, 2.24) is 5.48 Å². The molecule has 2 aromatic rings. The molecule has 1 unspecified atom stereocenters. The van der Waals surface area contributed by atoms with E-state index in [1.165, 1.54) is 7.11 Å². The van der Waals surface area contributed by atoms with Crippen LogP contribution in [0, 0.1) is 22.7 Å². The summed E-state index contributed by atoms with van der Waals surface area (Å²) in [6, 6.07) is 19.0. The van der Waals surface area contributed by atoms with E-state index in [-0.39, 0.29) is 18.2 Å². The topological polar surface area (TPSA) is 85.9 Å². The van der Waals surface area contributed by atoms with Crippen molar-refractivity contribution < 1.29 is 9.63 Å². The summed E-state index contributed by atoms with van der Waals surface area (Å²) >= 11 is 0. The quantitative estimate of drug-likeness (QED) is 0.788. The Labute approximate surface area is 147 Å². The molecule has 0 saturated heterocycles. The summed E-state index contributed by atoms with van der Waals surface area (Å²) in [6.07, 6.45) is 1.80. The summed E-state index contributed by atoms with van der Waals surface area (Å²) in [5.41, 5.74) is 5.61. The molecule has 0 spiro atoms. The Morgan fingerprint density at radius 2 is 1.84 bits per heavy atom. The summed E-state index contributed by atoms with van der Waals surface area (Å²) in [5.74, 6) is -0.228. The van der Waals surface area contributed by atoms with Gasteiger partial charge in [0, 0.05) is 6.42 Å². The second kappa shape index (κ2) is 9.22.